The maximum Gasteiger partial charge on any atom is 0.274 e. The minimum absolute atomic E-state index is 0.302. The van der Waals surface area contributed by atoms with Crippen molar-refractivity contribution in [2.45, 2.75) is 31.7 Å². The fourth-order valence-electron chi connectivity index (χ4n) is 2.73. The number of rotatable bonds is 4. The monoisotopic (exact) mass is 349 g/mol. The van der Waals surface area contributed by atoms with Crippen LogP contribution < -0.4 is 10.6 Å². The SMILES string of the molecule is O=C(Nc1ccc(Cl)cc1Cl)c1cc(NC2CCCC2)ccn1. The second-order valence-corrected chi connectivity index (χ2v) is 6.48. The predicted octanol–water partition coefficient (Wildman–Crippen LogP) is 5.00. The van der Waals surface area contributed by atoms with Crippen molar-refractivity contribution in [1.29, 1.82) is 0 Å². The molecule has 0 unspecified atom stereocenters. The van der Waals surface area contributed by atoms with Crippen molar-refractivity contribution in [3.05, 3.63) is 52.3 Å². The van der Waals surface area contributed by atoms with Gasteiger partial charge in [0, 0.05) is 22.9 Å². The van der Waals surface area contributed by atoms with Crippen molar-refractivity contribution in [2.75, 3.05) is 10.6 Å². The normalized spacial score (nSPS) is 14.7. The first-order chi connectivity index (χ1) is 11.1. The van der Waals surface area contributed by atoms with Crippen molar-refractivity contribution in [1.82, 2.24) is 4.98 Å². The second kappa shape index (κ2) is 7.20. The Balaban J connectivity index is 1.71. The second-order valence-electron chi connectivity index (χ2n) is 5.63. The van der Waals surface area contributed by atoms with Crippen LogP contribution in [0.2, 0.25) is 10.0 Å². The molecule has 1 aromatic carbocycles. The molecule has 0 saturated heterocycles. The van der Waals surface area contributed by atoms with Crippen LogP contribution in [0, 0.1) is 0 Å². The summed E-state index contributed by atoms with van der Waals surface area (Å²) in [6.07, 6.45) is 6.49. The first kappa shape index (κ1) is 16.1. The number of hydrogen-bond acceptors (Lipinski definition) is 3. The Bertz CT molecular complexity index is 715. The molecule has 4 nitrogen and oxygen atoms in total. The lowest BCUT2D eigenvalue weighted by molar-refractivity contribution is 0.102. The molecule has 3 rings (SSSR count). The number of hydrogen-bond donors (Lipinski definition) is 2. The highest BCUT2D eigenvalue weighted by Gasteiger charge is 2.16. The molecule has 2 aromatic rings. The number of carbonyl (C=O) groups is 1. The topological polar surface area (TPSA) is 54.0 Å². The summed E-state index contributed by atoms with van der Waals surface area (Å²) in [5.41, 5.74) is 1.77. The standard InChI is InChI=1S/C17H17Cl2N3O/c18-11-5-6-15(14(19)9-11)22-17(23)16-10-13(7-8-20-16)21-12-3-1-2-4-12/h5-10,12H,1-4H2,(H,20,21)(H,22,23). The van der Waals surface area contributed by atoms with Gasteiger partial charge in [0.2, 0.25) is 0 Å². The Morgan fingerprint density at radius 1 is 1.13 bits per heavy atom. The van der Waals surface area contributed by atoms with Crippen molar-refractivity contribution in [3.63, 3.8) is 0 Å². The van der Waals surface area contributed by atoms with E-state index in [0.717, 1.165) is 5.69 Å². The van der Waals surface area contributed by atoms with Gasteiger partial charge in [-0.25, -0.2) is 0 Å². The first-order valence-corrected chi connectivity index (χ1v) is 8.36. The number of halogens is 2. The van der Waals surface area contributed by atoms with E-state index < -0.39 is 0 Å². The van der Waals surface area contributed by atoms with Gasteiger partial charge >= 0.3 is 0 Å². The van der Waals surface area contributed by atoms with Crippen molar-refractivity contribution in [3.8, 4) is 0 Å². The third kappa shape index (κ3) is 4.15. The van der Waals surface area contributed by atoms with Gasteiger partial charge in [0.25, 0.3) is 5.91 Å². The number of amides is 1. The maximum absolute atomic E-state index is 12.3. The summed E-state index contributed by atoms with van der Waals surface area (Å²) in [6, 6.07) is 9.06. The largest absolute Gasteiger partial charge is 0.382 e. The molecule has 23 heavy (non-hydrogen) atoms. The third-order valence-corrected chi connectivity index (χ3v) is 4.45. The Morgan fingerprint density at radius 3 is 2.65 bits per heavy atom. The lowest BCUT2D eigenvalue weighted by Gasteiger charge is -2.14. The van der Waals surface area contributed by atoms with Gasteiger partial charge in [-0.3, -0.25) is 9.78 Å². The van der Waals surface area contributed by atoms with Gasteiger partial charge in [0.15, 0.2) is 0 Å². The zero-order valence-electron chi connectivity index (χ0n) is 12.5. The number of aromatic nitrogens is 1. The van der Waals surface area contributed by atoms with Crippen LogP contribution in [-0.2, 0) is 0 Å². The smallest absolute Gasteiger partial charge is 0.274 e. The van der Waals surface area contributed by atoms with Crippen LogP contribution in [0.5, 0.6) is 0 Å². The van der Waals surface area contributed by atoms with E-state index in [9.17, 15) is 4.79 Å². The van der Waals surface area contributed by atoms with E-state index in [1.54, 1.807) is 30.5 Å². The molecule has 0 radical (unpaired) electrons. The Kier molecular flexibility index (Phi) is 5.03. The summed E-state index contributed by atoms with van der Waals surface area (Å²) in [4.78, 5) is 16.5. The zero-order valence-corrected chi connectivity index (χ0v) is 14.0. The molecule has 1 aliphatic carbocycles. The molecule has 0 bridgehead atoms. The van der Waals surface area contributed by atoms with E-state index in [4.69, 9.17) is 23.2 Å². The van der Waals surface area contributed by atoms with Crippen LogP contribution in [0.1, 0.15) is 36.2 Å². The van der Waals surface area contributed by atoms with E-state index >= 15 is 0 Å². The molecular formula is C17H17Cl2N3O. The molecule has 2 N–H and O–H groups in total. The van der Waals surface area contributed by atoms with Gasteiger partial charge < -0.3 is 10.6 Å². The maximum atomic E-state index is 12.3. The van der Waals surface area contributed by atoms with Crippen molar-refractivity contribution < 1.29 is 4.79 Å². The molecule has 0 atom stereocenters. The summed E-state index contributed by atoms with van der Waals surface area (Å²) in [6.45, 7) is 0. The quantitative estimate of drug-likeness (QED) is 0.816. The van der Waals surface area contributed by atoms with Gasteiger partial charge in [-0.1, -0.05) is 36.0 Å². The Morgan fingerprint density at radius 2 is 1.91 bits per heavy atom. The summed E-state index contributed by atoms with van der Waals surface area (Å²) in [5, 5.41) is 7.13. The van der Waals surface area contributed by atoms with E-state index in [2.05, 4.69) is 15.6 Å². The number of benzene rings is 1. The van der Waals surface area contributed by atoms with Crippen LogP contribution >= 0.6 is 23.2 Å². The van der Waals surface area contributed by atoms with Gasteiger partial charge in [0.1, 0.15) is 5.69 Å². The summed E-state index contributed by atoms with van der Waals surface area (Å²) in [5.74, 6) is -0.302. The molecular weight excluding hydrogens is 333 g/mol. The molecule has 1 aliphatic rings. The summed E-state index contributed by atoms with van der Waals surface area (Å²) >= 11 is 11.9. The van der Waals surface area contributed by atoms with E-state index in [1.165, 1.54) is 25.7 Å². The summed E-state index contributed by atoms with van der Waals surface area (Å²) in [7, 11) is 0. The fraction of sp³-hybridized carbons (Fsp3) is 0.294. The van der Waals surface area contributed by atoms with Crippen LogP contribution in [0.25, 0.3) is 0 Å². The van der Waals surface area contributed by atoms with Gasteiger partial charge in [-0.2, -0.15) is 0 Å². The van der Waals surface area contributed by atoms with E-state index in [1.807, 2.05) is 6.07 Å². The van der Waals surface area contributed by atoms with Crippen molar-refractivity contribution in [2.24, 2.45) is 0 Å². The van der Waals surface area contributed by atoms with Gasteiger partial charge in [0.05, 0.1) is 10.7 Å². The minimum Gasteiger partial charge on any atom is -0.382 e. The number of nitrogens with zero attached hydrogens (tertiary/aromatic N) is 1. The molecule has 1 saturated carbocycles. The van der Waals surface area contributed by atoms with Gasteiger partial charge in [-0.05, 0) is 43.2 Å². The molecule has 120 valence electrons. The average molecular weight is 350 g/mol. The highest BCUT2D eigenvalue weighted by molar-refractivity contribution is 6.36. The molecule has 0 spiro atoms. The highest BCUT2D eigenvalue weighted by atomic mass is 35.5. The number of anilines is 2. The lowest BCUT2D eigenvalue weighted by Crippen LogP contribution is -2.17. The molecule has 6 heteroatoms. The predicted molar refractivity (Wildman–Crippen MR) is 94.5 cm³/mol. The van der Waals surface area contributed by atoms with Crippen LogP contribution in [0.3, 0.4) is 0 Å². The zero-order chi connectivity index (χ0) is 16.2. The fourth-order valence-corrected chi connectivity index (χ4v) is 3.18. The summed E-state index contributed by atoms with van der Waals surface area (Å²) < 4.78 is 0. The molecule has 0 aliphatic heterocycles. The van der Waals surface area contributed by atoms with E-state index in [-0.39, 0.29) is 5.91 Å². The number of nitrogens with one attached hydrogen (secondary N) is 2. The van der Waals surface area contributed by atoms with E-state index in [0.29, 0.717) is 27.5 Å². The van der Waals surface area contributed by atoms with Crippen LogP contribution in [0.4, 0.5) is 11.4 Å². The molecule has 1 fully saturated rings. The minimum atomic E-state index is -0.302. The van der Waals surface area contributed by atoms with Crippen molar-refractivity contribution >= 4 is 40.5 Å². The number of pyridine rings is 1. The molecule has 1 aromatic heterocycles. The lowest BCUT2D eigenvalue weighted by atomic mass is 10.2. The van der Waals surface area contributed by atoms with Crippen LogP contribution in [-0.4, -0.2) is 16.9 Å². The van der Waals surface area contributed by atoms with Gasteiger partial charge in [-0.15, -0.1) is 0 Å². The van der Waals surface area contributed by atoms with Crippen LogP contribution in [0.15, 0.2) is 36.5 Å². The Hall–Kier alpha value is -1.78. The third-order valence-electron chi connectivity index (χ3n) is 3.90. The number of carbonyl (C=O) groups excluding carboxylic acids is 1. The molecule has 1 amide bonds. The highest BCUT2D eigenvalue weighted by Crippen LogP contribution is 2.26. The molecule has 1 heterocycles. The average Bonchev–Trinajstić information content (AvgIpc) is 3.03. The first-order valence-electron chi connectivity index (χ1n) is 7.61. The Labute approximate surface area is 145 Å².